The van der Waals surface area contributed by atoms with Gasteiger partial charge in [0.25, 0.3) is 11.8 Å². The molecule has 17 nitrogen and oxygen atoms in total. The molecule has 4 N–H and O–H groups in total. The molecular weight excluding hydrogens is 774 g/mol. The Morgan fingerprint density at radius 1 is 0.947 bits per heavy atom. The van der Waals surface area contributed by atoms with E-state index in [9.17, 15) is 24.0 Å². The fourth-order valence-corrected chi connectivity index (χ4v) is 7.04. The van der Waals surface area contributed by atoms with Crippen molar-refractivity contribution in [3.05, 3.63) is 74.3 Å². The number of imide groups is 2. The Morgan fingerprint density at radius 3 is 2.12 bits per heavy atom. The summed E-state index contributed by atoms with van der Waals surface area (Å²) in [6.07, 6.45) is 10.0. The lowest BCUT2D eigenvalue weighted by atomic mass is 10.1. The van der Waals surface area contributed by atoms with Crippen LogP contribution >= 0.6 is 22.9 Å². The number of nitrogens with zero attached hydrogens (tertiary/aromatic N) is 7. The maximum atomic E-state index is 12.9. The first-order valence-corrected chi connectivity index (χ1v) is 19.7. The molecule has 5 aromatic rings. The van der Waals surface area contributed by atoms with Crippen LogP contribution in [0.3, 0.4) is 0 Å². The van der Waals surface area contributed by atoms with Gasteiger partial charge in [-0.05, 0) is 81.0 Å². The Balaban J connectivity index is 0.000000160. The van der Waals surface area contributed by atoms with Crippen molar-refractivity contribution < 1.29 is 28.7 Å². The van der Waals surface area contributed by atoms with Gasteiger partial charge in [0.15, 0.2) is 11.3 Å². The molecular formula is C38H38ClN11O6S. The lowest BCUT2D eigenvalue weighted by Crippen LogP contribution is -2.39. The van der Waals surface area contributed by atoms with Gasteiger partial charge in [-0.3, -0.25) is 34.7 Å². The maximum absolute atomic E-state index is 12.9. The summed E-state index contributed by atoms with van der Waals surface area (Å²) in [6, 6.07) is 6.04. The Bertz CT molecular complexity index is 2510. The number of carbonyl (C=O) groups is 5. The van der Waals surface area contributed by atoms with Gasteiger partial charge >= 0.3 is 6.09 Å². The predicted octanol–water partition coefficient (Wildman–Crippen LogP) is 5.12. The minimum Gasteiger partial charge on any atom is -0.443 e. The number of amides is 5. The zero-order chi connectivity index (χ0) is 40.0. The number of anilines is 3. The molecule has 2 saturated carbocycles. The van der Waals surface area contributed by atoms with Gasteiger partial charge in [0.2, 0.25) is 11.8 Å². The van der Waals surface area contributed by atoms with Gasteiger partial charge < -0.3 is 15.4 Å². The number of thiophene rings is 1. The first kappa shape index (κ1) is 37.8. The molecule has 4 aliphatic rings. The first-order chi connectivity index (χ1) is 27.3. The molecule has 19 heteroatoms. The van der Waals surface area contributed by atoms with Crippen LogP contribution in [0, 0.1) is 0 Å². The van der Waals surface area contributed by atoms with E-state index >= 15 is 0 Å². The summed E-state index contributed by atoms with van der Waals surface area (Å²) in [5.74, 6) is 0.598. The molecule has 0 unspecified atom stereocenters. The fourth-order valence-electron chi connectivity index (χ4n) is 6.20. The van der Waals surface area contributed by atoms with Gasteiger partial charge in [0, 0.05) is 53.0 Å². The number of aromatic nitrogens is 6. The highest BCUT2D eigenvalue weighted by molar-refractivity contribution is 7.07. The van der Waals surface area contributed by atoms with Crippen molar-refractivity contribution >= 4 is 93.6 Å². The van der Waals surface area contributed by atoms with Crippen LogP contribution in [0.2, 0.25) is 5.15 Å². The highest BCUT2D eigenvalue weighted by Gasteiger charge is 2.38. The molecule has 0 aromatic carbocycles. The monoisotopic (exact) mass is 811 g/mol. The van der Waals surface area contributed by atoms with Crippen LogP contribution in [0.25, 0.3) is 23.4 Å². The molecule has 0 radical (unpaired) electrons. The van der Waals surface area contributed by atoms with Gasteiger partial charge in [-0.15, -0.1) is 0 Å². The van der Waals surface area contributed by atoms with E-state index in [0.717, 1.165) is 37.3 Å². The number of nitrogens with one attached hydrogen (secondary N) is 4. The van der Waals surface area contributed by atoms with Gasteiger partial charge in [-0.2, -0.15) is 30.6 Å². The predicted molar refractivity (Wildman–Crippen MR) is 212 cm³/mol. The Hall–Kier alpha value is -6.14. The second-order valence-electron chi connectivity index (χ2n) is 15.1. The Labute approximate surface area is 334 Å². The summed E-state index contributed by atoms with van der Waals surface area (Å²) < 4.78 is 8.81. The molecule has 2 aliphatic heterocycles. The first-order valence-electron chi connectivity index (χ1n) is 18.3. The number of carbonyl (C=O) groups excluding carboxylic acids is 5. The number of ether oxygens (including phenoxy) is 1. The average molecular weight is 812 g/mol. The standard InChI is InChI=1S/C19H20ClN5O4.C19H18N6O2S/c1-19(2,3)29-18(28)24(12-4-5-12)15-8-13(20)22-16-11(9-21-25(15)16)6-10-7-14(26)23-17(10)27;26-17-6-12(19(27)24-17)5-13-9-21-25-16(22-14-1-2-14)7-15(23-18(13)25)20-8-11-3-4-28-10-11/h6,8-9,12H,4-5,7H2,1-3H3,(H,23,26,27);3-5,7,9-10,14,22H,1-2,6,8H2,(H,20,23)(H,24,26,27)/b10-6+;12-5+. The van der Waals surface area contributed by atoms with Gasteiger partial charge in [0.1, 0.15) is 28.2 Å². The summed E-state index contributed by atoms with van der Waals surface area (Å²) >= 11 is 7.90. The summed E-state index contributed by atoms with van der Waals surface area (Å²) in [5, 5.41) is 24.5. The highest BCUT2D eigenvalue weighted by atomic mass is 35.5. The quantitative estimate of drug-likeness (QED) is 0.0870. The largest absolute Gasteiger partial charge is 0.443 e. The van der Waals surface area contributed by atoms with Crippen LogP contribution in [0.1, 0.15) is 76.0 Å². The molecule has 0 atom stereocenters. The topological polar surface area (TPSA) is 206 Å². The van der Waals surface area contributed by atoms with E-state index in [2.05, 4.69) is 47.9 Å². The molecule has 5 amide bonds. The normalized spacial score (nSPS) is 18.2. The lowest BCUT2D eigenvalue weighted by molar-refractivity contribution is -0.125. The van der Waals surface area contributed by atoms with Crippen molar-refractivity contribution in [3.63, 3.8) is 0 Å². The molecule has 2 saturated heterocycles. The van der Waals surface area contributed by atoms with Crippen LogP contribution in [0.4, 0.5) is 22.2 Å². The third-order valence-electron chi connectivity index (χ3n) is 9.13. The number of fused-ring (bicyclic) bond motifs is 2. The molecule has 0 bridgehead atoms. The Morgan fingerprint density at radius 2 is 1.58 bits per heavy atom. The van der Waals surface area contributed by atoms with Crippen molar-refractivity contribution in [1.82, 2.24) is 39.8 Å². The summed E-state index contributed by atoms with van der Waals surface area (Å²) in [7, 11) is 0. The minimum absolute atomic E-state index is 0.00393. The number of hydrogen-bond donors (Lipinski definition) is 4. The number of hydrogen-bond acceptors (Lipinski definition) is 13. The van der Waals surface area contributed by atoms with Crippen LogP contribution in [-0.4, -0.2) is 76.6 Å². The van der Waals surface area contributed by atoms with E-state index in [-0.39, 0.29) is 41.8 Å². The van der Waals surface area contributed by atoms with Gasteiger partial charge in [-0.25, -0.2) is 14.8 Å². The van der Waals surface area contributed by atoms with Crippen molar-refractivity contribution in [2.24, 2.45) is 0 Å². The third-order valence-corrected chi connectivity index (χ3v) is 10.1. The van der Waals surface area contributed by atoms with Crippen LogP contribution in [-0.2, 0) is 30.5 Å². The number of rotatable bonds is 9. The maximum Gasteiger partial charge on any atom is 0.416 e. The number of halogens is 1. The van der Waals surface area contributed by atoms with Crippen LogP contribution in [0.5, 0.6) is 0 Å². The molecule has 57 heavy (non-hydrogen) atoms. The molecule has 0 spiro atoms. The molecule has 7 heterocycles. The SMILES string of the molecule is CC(C)(C)OC(=O)N(c1cc(Cl)nc2c(/C=C3\CC(=O)NC3=O)cnn12)C1CC1.O=C1C/C(=C\c2cnn3c(NC4CC4)cc(NCc4ccsc4)nc23)C(=O)N1. The summed E-state index contributed by atoms with van der Waals surface area (Å²) in [6.45, 7) is 6.09. The van der Waals surface area contributed by atoms with E-state index in [1.807, 2.05) is 11.4 Å². The van der Waals surface area contributed by atoms with Gasteiger partial charge in [0.05, 0.1) is 25.2 Å². The lowest BCUT2D eigenvalue weighted by Gasteiger charge is -2.27. The fraction of sp³-hybridized carbons (Fsp3) is 0.342. The second kappa shape index (κ2) is 15.1. The zero-order valence-corrected chi connectivity index (χ0v) is 32.7. The summed E-state index contributed by atoms with van der Waals surface area (Å²) in [4.78, 5) is 70.1. The van der Waals surface area contributed by atoms with E-state index in [4.69, 9.17) is 21.3 Å². The summed E-state index contributed by atoms with van der Waals surface area (Å²) in [5.41, 5.74) is 3.53. The molecule has 2 aliphatic carbocycles. The zero-order valence-electron chi connectivity index (χ0n) is 31.2. The van der Waals surface area contributed by atoms with Crippen molar-refractivity contribution in [2.45, 2.75) is 83.5 Å². The van der Waals surface area contributed by atoms with Crippen LogP contribution < -0.4 is 26.2 Å². The minimum atomic E-state index is -0.651. The van der Waals surface area contributed by atoms with Crippen molar-refractivity contribution in [2.75, 3.05) is 15.5 Å². The molecule has 4 fully saturated rings. The van der Waals surface area contributed by atoms with E-state index in [1.165, 1.54) is 16.3 Å². The van der Waals surface area contributed by atoms with E-state index in [1.54, 1.807) is 65.9 Å². The molecule has 9 rings (SSSR count). The van der Waals surface area contributed by atoms with E-state index in [0.29, 0.717) is 52.0 Å². The Kier molecular flexibility index (Phi) is 9.99. The van der Waals surface area contributed by atoms with E-state index < -0.39 is 17.6 Å². The highest BCUT2D eigenvalue weighted by Crippen LogP contribution is 2.35. The van der Waals surface area contributed by atoms with Crippen molar-refractivity contribution in [3.8, 4) is 0 Å². The average Bonchev–Trinajstić information content (AvgIpc) is 3.88. The smallest absolute Gasteiger partial charge is 0.416 e. The van der Waals surface area contributed by atoms with Crippen molar-refractivity contribution in [1.29, 1.82) is 0 Å². The molecule has 294 valence electrons. The van der Waals surface area contributed by atoms with Gasteiger partial charge in [-0.1, -0.05) is 11.6 Å². The third kappa shape index (κ3) is 8.66. The van der Waals surface area contributed by atoms with Crippen LogP contribution in [0.15, 0.2) is 52.5 Å². The molecule has 5 aromatic heterocycles. The second-order valence-corrected chi connectivity index (χ2v) is 16.2.